The van der Waals surface area contributed by atoms with Gasteiger partial charge in [-0.3, -0.25) is 4.98 Å². The van der Waals surface area contributed by atoms with E-state index < -0.39 is 0 Å². The van der Waals surface area contributed by atoms with Crippen LogP contribution in [-0.2, 0) is 0 Å². The van der Waals surface area contributed by atoms with E-state index in [2.05, 4.69) is 34.0 Å². The van der Waals surface area contributed by atoms with Crippen molar-refractivity contribution in [3.8, 4) is 11.1 Å². The second kappa shape index (κ2) is 6.69. The zero-order valence-corrected chi connectivity index (χ0v) is 18.1. The van der Waals surface area contributed by atoms with Crippen molar-refractivity contribution in [3.05, 3.63) is 64.5 Å². The van der Waals surface area contributed by atoms with Gasteiger partial charge >= 0.3 is 5.63 Å². The van der Waals surface area contributed by atoms with E-state index in [-0.39, 0.29) is 5.63 Å². The highest BCUT2D eigenvalue weighted by molar-refractivity contribution is 5.85. The quantitative estimate of drug-likeness (QED) is 0.466. The highest BCUT2D eigenvalue weighted by atomic mass is 16.4. The molecule has 158 valence electrons. The lowest BCUT2D eigenvalue weighted by Gasteiger charge is -2.22. The molecule has 6 rings (SSSR count). The van der Waals surface area contributed by atoms with Gasteiger partial charge in [-0.25, -0.2) is 4.79 Å². The zero-order chi connectivity index (χ0) is 21.3. The molecule has 1 aromatic carbocycles. The number of likely N-dealkylation sites (N-methyl/N-ethyl adjacent to an activating group) is 1. The van der Waals surface area contributed by atoms with Crippen LogP contribution in [0.4, 0.5) is 5.69 Å². The second-order valence-corrected chi connectivity index (χ2v) is 9.16. The molecule has 2 aliphatic rings. The van der Waals surface area contributed by atoms with Crippen LogP contribution in [-0.4, -0.2) is 47.0 Å². The van der Waals surface area contributed by atoms with E-state index in [1.54, 1.807) is 0 Å². The molecular weight excluding hydrogens is 388 g/mol. The van der Waals surface area contributed by atoms with Gasteiger partial charge in [-0.05, 0) is 64.0 Å². The minimum atomic E-state index is -0.305. The molecule has 0 spiro atoms. The molecule has 2 fully saturated rings. The van der Waals surface area contributed by atoms with Crippen molar-refractivity contribution in [2.24, 2.45) is 5.92 Å². The normalized spacial score (nSPS) is 21.5. The van der Waals surface area contributed by atoms with E-state index in [1.165, 1.54) is 13.0 Å². The van der Waals surface area contributed by atoms with Crippen molar-refractivity contribution < 1.29 is 4.42 Å². The summed E-state index contributed by atoms with van der Waals surface area (Å²) in [6, 6.07) is 10.8. The first-order valence-corrected chi connectivity index (χ1v) is 11.0. The van der Waals surface area contributed by atoms with Gasteiger partial charge in [0.15, 0.2) is 0 Å². The van der Waals surface area contributed by atoms with Crippen LogP contribution in [0.1, 0.15) is 17.8 Å². The number of fused-ring (bicyclic) bond motifs is 3. The first kappa shape index (κ1) is 18.6. The van der Waals surface area contributed by atoms with Crippen LogP contribution in [0.5, 0.6) is 0 Å². The van der Waals surface area contributed by atoms with Crippen LogP contribution in [0.2, 0.25) is 0 Å². The number of likely N-dealkylation sites (tertiary alicyclic amines) is 1. The summed E-state index contributed by atoms with van der Waals surface area (Å²) in [6.07, 6.45) is 5.22. The van der Waals surface area contributed by atoms with Gasteiger partial charge in [-0.1, -0.05) is 0 Å². The largest absolute Gasteiger partial charge is 0.422 e. The standard InChI is InChI=1S/C25H26N4O2/c1-15-11-29-13-19(9-22(29)16(2)26-15)21-8-17-4-5-20(10-24(17)31-25(21)30)28-12-18-6-7-27(3)23(18)14-28/h4-5,8-11,13,18,23H,6-7,12,14H2,1-3H3/t18-,23+/m1/s1. The highest BCUT2D eigenvalue weighted by Gasteiger charge is 2.39. The van der Waals surface area contributed by atoms with Gasteiger partial charge < -0.3 is 18.6 Å². The van der Waals surface area contributed by atoms with E-state index in [0.717, 1.165) is 52.5 Å². The molecule has 0 unspecified atom stereocenters. The molecule has 0 bridgehead atoms. The summed E-state index contributed by atoms with van der Waals surface area (Å²) in [4.78, 5) is 22.3. The van der Waals surface area contributed by atoms with E-state index in [1.807, 2.05) is 48.8 Å². The summed E-state index contributed by atoms with van der Waals surface area (Å²) in [5.41, 5.74) is 5.81. The van der Waals surface area contributed by atoms with Crippen molar-refractivity contribution in [3.63, 3.8) is 0 Å². The fourth-order valence-corrected chi connectivity index (χ4v) is 5.46. The van der Waals surface area contributed by atoms with Crippen LogP contribution in [0.25, 0.3) is 27.6 Å². The summed E-state index contributed by atoms with van der Waals surface area (Å²) in [5, 5.41) is 0.941. The third-order valence-electron chi connectivity index (χ3n) is 7.11. The van der Waals surface area contributed by atoms with Gasteiger partial charge in [0.05, 0.1) is 22.5 Å². The lowest BCUT2D eigenvalue weighted by atomic mass is 10.1. The number of hydrogen-bond donors (Lipinski definition) is 0. The van der Waals surface area contributed by atoms with Crippen molar-refractivity contribution in [2.75, 3.05) is 31.6 Å². The fourth-order valence-electron chi connectivity index (χ4n) is 5.46. The highest BCUT2D eigenvalue weighted by Crippen LogP contribution is 2.34. The molecule has 0 aliphatic carbocycles. The molecule has 6 nitrogen and oxygen atoms in total. The van der Waals surface area contributed by atoms with E-state index in [9.17, 15) is 4.79 Å². The Hall–Kier alpha value is -3.12. The number of anilines is 1. The molecule has 6 heteroatoms. The predicted octanol–water partition coefficient (Wildman–Crippen LogP) is 3.86. The number of aryl methyl sites for hydroxylation is 2. The second-order valence-electron chi connectivity index (χ2n) is 9.16. The third kappa shape index (κ3) is 2.97. The number of benzene rings is 1. The van der Waals surface area contributed by atoms with Crippen LogP contribution in [0, 0.1) is 19.8 Å². The summed E-state index contributed by atoms with van der Waals surface area (Å²) in [7, 11) is 2.22. The molecule has 0 saturated carbocycles. The summed E-state index contributed by atoms with van der Waals surface area (Å²) in [5.74, 6) is 0.737. The van der Waals surface area contributed by atoms with Crippen LogP contribution in [0.15, 0.2) is 51.9 Å². The molecule has 2 aliphatic heterocycles. The number of aromatic nitrogens is 2. The zero-order valence-electron chi connectivity index (χ0n) is 18.1. The SMILES string of the molecule is Cc1cn2cc(-c3cc4ccc(N5C[C@H]6CCN(C)[C@H]6C5)cc4oc3=O)cc2c(C)n1. The Morgan fingerprint density at radius 2 is 1.97 bits per heavy atom. The molecular formula is C25H26N4O2. The number of rotatable bonds is 2. The van der Waals surface area contributed by atoms with Gasteiger partial charge in [-0.2, -0.15) is 0 Å². The lowest BCUT2D eigenvalue weighted by molar-refractivity contribution is 0.310. The van der Waals surface area contributed by atoms with Crippen molar-refractivity contribution in [1.29, 1.82) is 0 Å². The number of hydrogen-bond acceptors (Lipinski definition) is 5. The van der Waals surface area contributed by atoms with Gasteiger partial charge in [-0.15, -0.1) is 0 Å². The Labute approximate surface area is 180 Å². The molecule has 2 atom stereocenters. The van der Waals surface area contributed by atoms with E-state index in [4.69, 9.17) is 4.42 Å². The van der Waals surface area contributed by atoms with Crippen LogP contribution >= 0.6 is 0 Å². The first-order valence-electron chi connectivity index (χ1n) is 11.0. The minimum absolute atomic E-state index is 0.305. The maximum absolute atomic E-state index is 12.9. The lowest BCUT2D eigenvalue weighted by Crippen LogP contribution is -2.32. The van der Waals surface area contributed by atoms with Crippen molar-refractivity contribution >= 4 is 22.2 Å². The van der Waals surface area contributed by atoms with Crippen molar-refractivity contribution in [1.82, 2.24) is 14.3 Å². The molecule has 3 aromatic heterocycles. The average Bonchev–Trinajstić information content (AvgIpc) is 3.43. The molecule has 2 saturated heterocycles. The van der Waals surface area contributed by atoms with Crippen LogP contribution in [0.3, 0.4) is 0 Å². The van der Waals surface area contributed by atoms with E-state index in [0.29, 0.717) is 17.2 Å². The first-order chi connectivity index (χ1) is 15.0. The topological polar surface area (TPSA) is 54.0 Å². The van der Waals surface area contributed by atoms with Crippen LogP contribution < -0.4 is 10.5 Å². The fraction of sp³-hybridized carbons (Fsp3) is 0.360. The summed E-state index contributed by atoms with van der Waals surface area (Å²) in [6.45, 7) is 7.27. The Morgan fingerprint density at radius 1 is 1.10 bits per heavy atom. The van der Waals surface area contributed by atoms with E-state index >= 15 is 0 Å². The van der Waals surface area contributed by atoms with Gasteiger partial charge in [0.1, 0.15) is 5.58 Å². The Balaban J connectivity index is 1.38. The maximum atomic E-state index is 12.9. The van der Waals surface area contributed by atoms with Gasteiger partial charge in [0.25, 0.3) is 0 Å². The monoisotopic (exact) mass is 414 g/mol. The molecule has 0 N–H and O–H groups in total. The summed E-state index contributed by atoms with van der Waals surface area (Å²) >= 11 is 0. The molecule has 31 heavy (non-hydrogen) atoms. The Bertz CT molecular complexity index is 1390. The summed E-state index contributed by atoms with van der Waals surface area (Å²) < 4.78 is 7.82. The van der Waals surface area contributed by atoms with Crippen molar-refractivity contribution in [2.45, 2.75) is 26.3 Å². The molecule has 4 aromatic rings. The third-order valence-corrected chi connectivity index (χ3v) is 7.11. The Morgan fingerprint density at radius 3 is 2.81 bits per heavy atom. The Kier molecular flexibility index (Phi) is 4.02. The molecule has 5 heterocycles. The molecule has 0 radical (unpaired) electrons. The predicted molar refractivity (Wildman–Crippen MR) is 123 cm³/mol. The maximum Gasteiger partial charge on any atom is 0.344 e. The smallest absolute Gasteiger partial charge is 0.344 e. The van der Waals surface area contributed by atoms with Gasteiger partial charge in [0, 0.05) is 54.2 Å². The minimum Gasteiger partial charge on any atom is -0.422 e. The molecule has 0 amide bonds. The number of nitrogens with zero attached hydrogens (tertiary/aromatic N) is 4. The van der Waals surface area contributed by atoms with Gasteiger partial charge in [0.2, 0.25) is 0 Å². The average molecular weight is 415 g/mol.